The first-order valence-corrected chi connectivity index (χ1v) is 22.3. The van der Waals surface area contributed by atoms with Gasteiger partial charge < -0.3 is 52.8 Å². The Balaban J connectivity index is 1.22. The third kappa shape index (κ3) is 12.4. The van der Waals surface area contributed by atoms with Gasteiger partial charge in [-0.3, -0.25) is 0 Å². The molecule has 0 amide bonds. The molecule has 71 heavy (non-hydrogen) atoms. The lowest BCUT2D eigenvalue weighted by atomic mass is 9.96. The Bertz CT molecular complexity index is 2730. The second-order valence-corrected chi connectivity index (χ2v) is 16.1. The molecule has 2 aliphatic rings. The average Bonchev–Trinajstić information content (AvgIpc) is 3.42. The van der Waals surface area contributed by atoms with Gasteiger partial charge in [0.05, 0.1) is 33.4 Å². The summed E-state index contributed by atoms with van der Waals surface area (Å²) in [6.45, 7) is -1.41. The Morgan fingerprint density at radius 1 is 0.338 bits per heavy atom. The van der Waals surface area contributed by atoms with Crippen LogP contribution >= 0.6 is 0 Å². The number of carbonyl (C=O) groups excluding carboxylic acids is 6. The number of rotatable bonds is 16. The van der Waals surface area contributed by atoms with Crippen LogP contribution in [0.1, 0.15) is 62.1 Å². The Morgan fingerprint density at radius 2 is 0.648 bits per heavy atom. The molecule has 6 aromatic carbocycles. The Labute approximate surface area is 406 Å². The summed E-state index contributed by atoms with van der Waals surface area (Å²) in [7, 11) is 0. The molecular formula is C54H46O17. The molecule has 10 atom stereocenters. The smallest absolute Gasteiger partial charge is 0.340 e. The second kappa shape index (κ2) is 23.5. The molecule has 0 aliphatic carbocycles. The first-order chi connectivity index (χ1) is 34.5. The van der Waals surface area contributed by atoms with Crippen molar-refractivity contribution in [3.63, 3.8) is 0 Å². The Kier molecular flexibility index (Phi) is 16.3. The van der Waals surface area contributed by atoms with E-state index in [1.165, 1.54) is 72.8 Å². The molecular weight excluding hydrogens is 921 g/mol. The van der Waals surface area contributed by atoms with Crippen molar-refractivity contribution in [1.82, 2.24) is 0 Å². The van der Waals surface area contributed by atoms with Gasteiger partial charge in [-0.2, -0.15) is 0 Å². The summed E-state index contributed by atoms with van der Waals surface area (Å²) in [5.74, 6) is -5.59. The molecule has 2 aliphatic heterocycles. The van der Waals surface area contributed by atoms with Gasteiger partial charge in [-0.05, 0) is 72.8 Å². The number of esters is 6. The maximum absolute atomic E-state index is 14.3. The highest BCUT2D eigenvalue weighted by atomic mass is 16.8. The standard InChI is InChI=1S/C54H46O17/c55-41-39(31-63-47(57)33-19-7-1-8-20-33)65-53(44(42(41)56)67-49(59)35-23-11-3-12-24-35)70-43-40(32-64-48(58)34-21-9-2-10-22-34)66-54(71-52(62)38-29-17-6-18-30-38)46(69-51(61)37-27-15-5-16-28-37)45(43)68-50(60)36-25-13-4-14-26-36/h1-30,39-46,53-56H,31-32H2/t39-,40-,41+,42+,43-,44-,45+,46-,53+,54+/m1/s1. The topological polar surface area (TPSA) is 226 Å². The van der Waals surface area contributed by atoms with Crippen molar-refractivity contribution < 1.29 is 81.6 Å². The lowest BCUT2D eigenvalue weighted by Crippen LogP contribution is -2.66. The van der Waals surface area contributed by atoms with Crippen LogP contribution in [0, 0.1) is 0 Å². The highest BCUT2D eigenvalue weighted by Gasteiger charge is 2.57. The minimum atomic E-state index is -2.02. The minimum absolute atomic E-state index is 0.0122. The summed E-state index contributed by atoms with van der Waals surface area (Å²) in [6.07, 6.45) is -18.6. The number of hydrogen-bond donors (Lipinski definition) is 2. The van der Waals surface area contributed by atoms with Gasteiger partial charge in [-0.15, -0.1) is 0 Å². The lowest BCUT2D eigenvalue weighted by Gasteiger charge is -2.47. The van der Waals surface area contributed by atoms with Crippen LogP contribution in [0.2, 0.25) is 0 Å². The van der Waals surface area contributed by atoms with E-state index in [0.717, 1.165) is 0 Å². The van der Waals surface area contributed by atoms with Gasteiger partial charge >= 0.3 is 35.8 Å². The average molecular weight is 967 g/mol. The van der Waals surface area contributed by atoms with Gasteiger partial charge in [-0.1, -0.05) is 109 Å². The SMILES string of the molecule is O=C(OC[C@H]1O[C@@H](O[C@H]2[C@H](OC(=O)c3ccccc3)[C@@H](OC(=O)c3ccccc3)[C@H](OC(=O)c3ccccc3)O[C@@H]2COC(=O)c2ccccc2)[C@H](OC(=O)c2ccccc2)[C@@H](O)[C@H]1O)c1ccccc1. The van der Waals surface area contributed by atoms with Crippen molar-refractivity contribution in [3.05, 3.63) is 215 Å². The van der Waals surface area contributed by atoms with Crippen LogP contribution in [-0.2, 0) is 42.6 Å². The number of hydrogen-bond acceptors (Lipinski definition) is 17. The molecule has 2 saturated heterocycles. The highest BCUT2D eigenvalue weighted by molar-refractivity contribution is 5.92. The summed E-state index contributed by atoms with van der Waals surface area (Å²) >= 11 is 0. The molecule has 0 bridgehead atoms. The summed E-state index contributed by atoms with van der Waals surface area (Å²) in [4.78, 5) is 82.6. The lowest BCUT2D eigenvalue weighted by molar-refractivity contribution is -0.352. The van der Waals surface area contributed by atoms with Crippen LogP contribution in [-0.4, -0.2) is 121 Å². The fourth-order valence-electron chi connectivity index (χ4n) is 7.64. The molecule has 2 heterocycles. The van der Waals surface area contributed by atoms with E-state index in [2.05, 4.69) is 0 Å². The summed E-state index contributed by atoms with van der Waals surface area (Å²) in [6, 6.07) is 46.5. The third-order valence-electron chi connectivity index (χ3n) is 11.3. The van der Waals surface area contributed by atoms with Gasteiger partial charge in [0.15, 0.2) is 18.5 Å². The fraction of sp³-hybridized carbons (Fsp3) is 0.222. The molecule has 6 aromatic rings. The Hall–Kier alpha value is -8.06. The maximum Gasteiger partial charge on any atom is 0.340 e. The quantitative estimate of drug-likeness (QED) is 0.0864. The van der Waals surface area contributed by atoms with E-state index in [9.17, 15) is 39.0 Å². The first kappa shape index (κ1) is 49.4. The van der Waals surface area contributed by atoms with Gasteiger partial charge in [0.2, 0.25) is 12.4 Å². The molecule has 2 fully saturated rings. The van der Waals surface area contributed by atoms with Gasteiger partial charge in [0.1, 0.15) is 43.7 Å². The summed E-state index contributed by atoms with van der Waals surface area (Å²) in [5.41, 5.74) is 0.413. The van der Waals surface area contributed by atoms with E-state index >= 15 is 0 Å². The molecule has 364 valence electrons. The van der Waals surface area contributed by atoms with Crippen LogP contribution in [0.3, 0.4) is 0 Å². The normalized spacial score (nSPS) is 23.7. The number of ether oxygens (including phenoxy) is 9. The van der Waals surface area contributed by atoms with Crippen LogP contribution < -0.4 is 0 Å². The van der Waals surface area contributed by atoms with Crippen LogP contribution in [0.15, 0.2) is 182 Å². The van der Waals surface area contributed by atoms with Crippen molar-refractivity contribution >= 4 is 35.8 Å². The van der Waals surface area contributed by atoms with E-state index in [1.54, 1.807) is 109 Å². The predicted octanol–water partition coefficient (Wildman–Crippen LogP) is 5.79. The Morgan fingerprint density at radius 3 is 1.04 bits per heavy atom. The van der Waals surface area contributed by atoms with Gasteiger partial charge in [-0.25, -0.2) is 28.8 Å². The molecule has 0 aromatic heterocycles. The molecule has 17 nitrogen and oxygen atoms in total. The zero-order valence-corrected chi connectivity index (χ0v) is 37.5. The zero-order chi connectivity index (χ0) is 49.7. The van der Waals surface area contributed by atoms with Crippen molar-refractivity contribution in [3.8, 4) is 0 Å². The van der Waals surface area contributed by atoms with Crippen molar-refractivity contribution in [2.24, 2.45) is 0 Å². The van der Waals surface area contributed by atoms with E-state index in [0.29, 0.717) is 0 Å². The van der Waals surface area contributed by atoms with E-state index in [4.69, 9.17) is 42.6 Å². The van der Waals surface area contributed by atoms with Crippen LogP contribution in [0.5, 0.6) is 0 Å². The number of aliphatic hydroxyl groups is 2. The molecule has 0 unspecified atom stereocenters. The number of carbonyl (C=O) groups is 6. The molecule has 0 radical (unpaired) electrons. The zero-order valence-electron chi connectivity index (χ0n) is 37.5. The van der Waals surface area contributed by atoms with E-state index in [-0.39, 0.29) is 33.4 Å². The number of aliphatic hydroxyl groups excluding tert-OH is 2. The monoisotopic (exact) mass is 966 g/mol. The largest absolute Gasteiger partial charge is 0.459 e. The first-order valence-electron chi connectivity index (χ1n) is 22.3. The van der Waals surface area contributed by atoms with Crippen LogP contribution in [0.4, 0.5) is 0 Å². The predicted molar refractivity (Wildman–Crippen MR) is 246 cm³/mol. The summed E-state index contributed by atoms with van der Waals surface area (Å²) < 4.78 is 54.6. The summed E-state index contributed by atoms with van der Waals surface area (Å²) in [5, 5.41) is 23.3. The minimum Gasteiger partial charge on any atom is -0.459 e. The molecule has 2 N–H and O–H groups in total. The molecule has 8 rings (SSSR count). The third-order valence-corrected chi connectivity index (χ3v) is 11.3. The molecule has 0 saturated carbocycles. The molecule has 0 spiro atoms. The van der Waals surface area contributed by atoms with Gasteiger partial charge in [0.25, 0.3) is 0 Å². The van der Waals surface area contributed by atoms with E-state index in [1.807, 2.05) is 0 Å². The van der Waals surface area contributed by atoms with Crippen LogP contribution in [0.25, 0.3) is 0 Å². The van der Waals surface area contributed by atoms with Crippen molar-refractivity contribution in [1.29, 1.82) is 0 Å². The fourth-order valence-corrected chi connectivity index (χ4v) is 7.64. The number of benzene rings is 6. The van der Waals surface area contributed by atoms with Gasteiger partial charge in [0, 0.05) is 0 Å². The maximum atomic E-state index is 14.3. The highest BCUT2D eigenvalue weighted by Crippen LogP contribution is 2.35. The van der Waals surface area contributed by atoms with E-state index < -0.39 is 110 Å². The van der Waals surface area contributed by atoms with Crippen molar-refractivity contribution in [2.45, 2.75) is 61.4 Å². The second-order valence-electron chi connectivity index (χ2n) is 16.1. The van der Waals surface area contributed by atoms with Crippen molar-refractivity contribution in [2.75, 3.05) is 13.2 Å². The molecule has 17 heteroatoms.